The number of rotatable bonds is 5. The van der Waals surface area contributed by atoms with E-state index in [2.05, 4.69) is 0 Å². The number of benzene rings is 1. The van der Waals surface area contributed by atoms with Gasteiger partial charge in [0.05, 0.1) is 17.8 Å². The Balaban J connectivity index is 1.65. The van der Waals surface area contributed by atoms with Crippen LogP contribution < -0.4 is 4.74 Å². The van der Waals surface area contributed by atoms with Gasteiger partial charge < -0.3 is 9.47 Å². The molecule has 3 rings (SSSR count). The molecule has 156 valence electrons. The van der Waals surface area contributed by atoms with Crippen molar-refractivity contribution in [1.29, 1.82) is 0 Å². The van der Waals surface area contributed by atoms with Gasteiger partial charge in [0.15, 0.2) is 11.6 Å². The maximum absolute atomic E-state index is 13.7. The van der Waals surface area contributed by atoms with Crippen LogP contribution in [0.3, 0.4) is 0 Å². The lowest BCUT2D eigenvalue weighted by atomic mass is 10.0. The second-order valence-corrected chi connectivity index (χ2v) is 8.98. The molecule has 2 N–H and O–H groups in total. The Morgan fingerprint density at radius 3 is 2.54 bits per heavy atom. The fourth-order valence-corrected chi connectivity index (χ4v) is 5.68. The lowest BCUT2D eigenvalue weighted by Gasteiger charge is -2.37. The minimum absolute atomic E-state index is 0.0816. The van der Waals surface area contributed by atoms with Crippen LogP contribution >= 0.6 is 0 Å². The summed E-state index contributed by atoms with van der Waals surface area (Å²) >= 11 is 0. The fraction of sp³-hybridized carbons (Fsp3) is 0.588. The average Bonchev–Trinajstić information content (AvgIpc) is 2.69. The molecular weight excluding hydrogens is 395 g/mol. The second-order valence-electron chi connectivity index (χ2n) is 6.83. The summed E-state index contributed by atoms with van der Waals surface area (Å²) in [5.74, 6) is -2.66. The molecule has 0 saturated carbocycles. The summed E-state index contributed by atoms with van der Waals surface area (Å²) in [4.78, 5) is 11.9. The molecule has 0 spiro atoms. The van der Waals surface area contributed by atoms with E-state index in [4.69, 9.17) is 19.9 Å². The molecule has 28 heavy (non-hydrogen) atoms. The number of halogens is 1. The van der Waals surface area contributed by atoms with Gasteiger partial charge in [-0.05, 0) is 31.4 Å². The molecule has 2 atom stereocenters. The smallest absolute Gasteiger partial charge is 0.279 e. The van der Waals surface area contributed by atoms with Crippen molar-refractivity contribution in [3.63, 3.8) is 0 Å². The summed E-state index contributed by atoms with van der Waals surface area (Å²) in [6.07, 6.45) is 0.516. The molecule has 2 saturated heterocycles. The number of hydroxylamine groups is 2. The van der Waals surface area contributed by atoms with Gasteiger partial charge in [-0.15, -0.1) is 0 Å². The molecule has 2 aliphatic rings. The number of sulfonamides is 1. The highest BCUT2D eigenvalue weighted by Gasteiger charge is 2.45. The predicted octanol–water partition coefficient (Wildman–Crippen LogP) is 1.01. The quantitative estimate of drug-likeness (QED) is 0.541. The van der Waals surface area contributed by atoms with Crippen molar-refractivity contribution in [3.05, 3.63) is 30.1 Å². The van der Waals surface area contributed by atoms with Crippen LogP contribution in [0.25, 0.3) is 0 Å². The lowest BCUT2D eigenvalue weighted by Crippen LogP contribution is -2.53. The summed E-state index contributed by atoms with van der Waals surface area (Å²) in [7, 11) is -3.86. The molecule has 0 radical (unpaired) electrons. The van der Waals surface area contributed by atoms with Crippen molar-refractivity contribution in [2.45, 2.75) is 30.6 Å². The molecule has 0 bridgehead atoms. The number of amides is 1. The van der Waals surface area contributed by atoms with Crippen molar-refractivity contribution in [2.75, 3.05) is 26.3 Å². The van der Waals surface area contributed by atoms with Crippen LogP contribution in [0, 0.1) is 11.7 Å². The lowest BCUT2D eigenvalue weighted by molar-refractivity contribution is -0.289. The average molecular weight is 418 g/mol. The molecule has 2 unspecified atom stereocenters. The van der Waals surface area contributed by atoms with E-state index in [1.165, 1.54) is 16.4 Å². The van der Waals surface area contributed by atoms with Gasteiger partial charge in [-0.3, -0.25) is 15.2 Å². The third-order valence-corrected chi connectivity index (χ3v) is 7.50. The van der Waals surface area contributed by atoms with Crippen LogP contribution in [0.15, 0.2) is 24.3 Å². The van der Waals surface area contributed by atoms with E-state index in [0.717, 1.165) is 0 Å². The number of carbonyl (C=O) groups excluding carboxylic acids is 1. The molecule has 11 heteroatoms. The molecule has 0 aliphatic carbocycles. The molecule has 9 nitrogen and oxygen atoms in total. The first kappa shape index (κ1) is 20.9. The Kier molecular flexibility index (Phi) is 6.50. The molecule has 2 aliphatic heterocycles. The van der Waals surface area contributed by atoms with E-state index in [-0.39, 0.29) is 44.6 Å². The topological polar surface area (TPSA) is 117 Å². The van der Waals surface area contributed by atoms with Crippen molar-refractivity contribution in [3.8, 4) is 5.75 Å². The molecule has 0 aromatic heterocycles. The highest BCUT2D eigenvalue weighted by Crippen LogP contribution is 2.29. The van der Waals surface area contributed by atoms with Crippen molar-refractivity contribution < 1.29 is 37.5 Å². The normalized spacial score (nSPS) is 24.7. The Morgan fingerprint density at radius 2 is 1.89 bits per heavy atom. The van der Waals surface area contributed by atoms with Crippen molar-refractivity contribution >= 4 is 15.9 Å². The first-order valence-corrected chi connectivity index (χ1v) is 10.5. The van der Waals surface area contributed by atoms with Gasteiger partial charge in [-0.2, -0.15) is 0 Å². The van der Waals surface area contributed by atoms with Crippen LogP contribution in [-0.2, 0) is 19.6 Å². The van der Waals surface area contributed by atoms with Gasteiger partial charge in [0, 0.05) is 19.7 Å². The first-order chi connectivity index (χ1) is 13.3. The number of hydrogen-bond donors (Lipinski definition) is 2. The number of carbonyl (C=O) groups is 1. The second kappa shape index (κ2) is 8.70. The minimum atomic E-state index is -3.86. The van der Waals surface area contributed by atoms with Crippen LogP contribution in [0.4, 0.5) is 4.39 Å². The zero-order chi connectivity index (χ0) is 20.3. The van der Waals surface area contributed by atoms with Crippen molar-refractivity contribution in [2.24, 2.45) is 5.92 Å². The van der Waals surface area contributed by atoms with Gasteiger partial charge in [0.2, 0.25) is 10.0 Å². The fourth-order valence-electron chi connectivity index (χ4n) is 3.57. The maximum atomic E-state index is 13.7. The monoisotopic (exact) mass is 418 g/mol. The summed E-state index contributed by atoms with van der Waals surface area (Å²) in [5, 5.41) is 16.3. The molecule has 1 aromatic carbocycles. The Bertz CT molecular complexity index is 796. The first-order valence-electron chi connectivity index (χ1n) is 9.00. The van der Waals surface area contributed by atoms with E-state index in [9.17, 15) is 17.6 Å². The van der Waals surface area contributed by atoms with Crippen molar-refractivity contribution in [1.82, 2.24) is 9.53 Å². The van der Waals surface area contributed by atoms with Gasteiger partial charge >= 0.3 is 0 Å². The van der Waals surface area contributed by atoms with E-state index in [0.29, 0.717) is 12.8 Å². The molecule has 2 heterocycles. The SMILES string of the molecule is O=C(C1COCCC1S(=O)(=O)N1CCC(Oc2ccccc2F)CC1)N(O)O. The van der Waals surface area contributed by atoms with Crippen LogP contribution in [0.1, 0.15) is 19.3 Å². The number of piperidine rings is 1. The summed E-state index contributed by atoms with van der Waals surface area (Å²) in [6.45, 7) is 0.300. The van der Waals surface area contributed by atoms with E-state index < -0.39 is 38.1 Å². The van der Waals surface area contributed by atoms with E-state index in [1.807, 2.05) is 0 Å². The predicted molar refractivity (Wildman–Crippen MR) is 93.7 cm³/mol. The summed E-state index contributed by atoms with van der Waals surface area (Å²) in [5.41, 5.74) is 0. The van der Waals surface area contributed by atoms with Gasteiger partial charge in [-0.25, -0.2) is 17.1 Å². The van der Waals surface area contributed by atoms with Crippen LogP contribution in [0.5, 0.6) is 5.75 Å². The Morgan fingerprint density at radius 1 is 1.21 bits per heavy atom. The molecular formula is C17H23FN2O7S. The number of para-hydroxylation sites is 1. The zero-order valence-electron chi connectivity index (χ0n) is 15.1. The summed E-state index contributed by atoms with van der Waals surface area (Å²) in [6, 6.07) is 6.03. The van der Waals surface area contributed by atoms with E-state index in [1.54, 1.807) is 12.1 Å². The van der Waals surface area contributed by atoms with Crippen LogP contribution in [-0.4, -0.2) is 71.9 Å². The van der Waals surface area contributed by atoms with Crippen LogP contribution in [0.2, 0.25) is 0 Å². The minimum Gasteiger partial charge on any atom is -0.487 e. The third-order valence-electron chi connectivity index (χ3n) is 5.08. The van der Waals surface area contributed by atoms with Gasteiger partial charge in [0.1, 0.15) is 6.10 Å². The number of nitrogens with zero attached hydrogens (tertiary/aromatic N) is 2. The number of ether oxygens (including phenoxy) is 2. The zero-order valence-corrected chi connectivity index (χ0v) is 15.9. The Hall–Kier alpha value is -1.79. The molecule has 1 aromatic rings. The van der Waals surface area contributed by atoms with E-state index >= 15 is 0 Å². The number of hydrogen-bond acceptors (Lipinski definition) is 7. The summed E-state index contributed by atoms with van der Waals surface area (Å²) < 4.78 is 51.9. The highest BCUT2D eigenvalue weighted by atomic mass is 32.2. The van der Waals surface area contributed by atoms with Gasteiger partial charge in [-0.1, -0.05) is 17.4 Å². The molecule has 1 amide bonds. The molecule has 2 fully saturated rings. The largest absolute Gasteiger partial charge is 0.487 e. The van der Waals surface area contributed by atoms with Gasteiger partial charge in [0.25, 0.3) is 5.91 Å². The maximum Gasteiger partial charge on any atom is 0.279 e. The standard InChI is InChI=1S/C17H23FN2O7S/c18-14-3-1-2-4-15(14)27-12-5-8-19(9-6-12)28(24,25)16-7-10-26-11-13(16)17(21)20(22)23/h1-4,12-13,16,22-23H,5-11H2. The Labute approximate surface area is 162 Å². The third kappa shape index (κ3) is 4.44. The highest BCUT2D eigenvalue weighted by molar-refractivity contribution is 7.89.